The van der Waals surface area contributed by atoms with Crippen molar-refractivity contribution < 1.29 is 26.3 Å². The lowest BCUT2D eigenvalue weighted by molar-refractivity contribution is -0.0977. The van der Waals surface area contributed by atoms with Gasteiger partial charge in [-0.15, -0.1) is 0 Å². The fourth-order valence-corrected chi connectivity index (χ4v) is 1.53. The molecule has 85 valence electrons. The molecule has 1 radical (unpaired) electrons. The SMILES string of the molecule is FC(F)(F)C1=CC(C(F)(F)F)=C(Br)[CH]C1. The van der Waals surface area contributed by atoms with Crippen molar-refractivity contribution in [3.63, 3.8) is 0 Å². The third kappa shape index (κ3) is 2.99. The Morgan fingerprint density at radius 1 is 1.00 bits per heavy atom. The summed E-state index contributed by atoms with van der Waals surface area (Å²) in [5.41, 5.74) is -2.50. The van der Waals surface area contributed by atoms with Gasteiger partial charge in [0, 0.05) is 16.5 Å². The zero-order valence-corrected chi connectivity index (χ0v) is 8.59. The molecular formula is C8H4BrF6. The van der Waals surface area contributed by atoms with Crippen molar-refractivity contribution in [1.29, 1.82) is 0 Å². The van der Waals surface area contributed by atoms with Crippen LogP contribution in [0, 0.1) is 6.42 Å². The van der Waals surface area contributed by atoms with Crippen LogP contribution in [0.2, 0.25) is 0 Å². The summed E-state index contributed by atoms with van der Waals surface area (Å²) >= 11 is 2.58. The Balaban J connectivity index is 3.11. The van der Waals surface area contributed by atoms with E-state index in [-0.39, 0.29) is 10.6 Å². The van der Waals surface area contributed by atoms with E-state index in [0.717, 1.165) is 6.42 Å². The molecule has 0 atom stereocenters. The lowest BCUT2D eigenvalue weighted by Crippen LogP contribution is -2.20. The minimum atomic E-state index is -4.79. The van der Waals surface area contributed by atoms with Gasteiger partial charge in [0.1, 0.15) is 0 Å². The fourth-order valence-electron chi connectivity index (χ4n) is 1.03. The summed E-state index contributed by atoms with van der Waals surface area (Å²) in [5.74, 6) is 0. The van der Waals surface area contributed by atoms with E-state index in [1.165, 1.54) is 0 Å². The van der Waals surface area contributed by atoms with Crippen LogP contribution in [0.4, 0.5) is 26.3 Å². The third-order valence-electron chi connectivity index (χ3n) is 1.75. The summed E-state index contributed by atoms with van der Waals surface area (Å²) in [6, 6.07) is 0. The fraction of sp³-hybridized carbons (Fsp3) is 0.375. The van der Waals surface area contributed by atoms with E-state index in [4.69, 9.17) is 0 Å². The summed E-state index contributed by atoms with van der Waals surface area (Å²) in [6.45, 7) is 0. The van der Waals surface area contributed by atoms with E-state index >= 15 is 0 Å². The Hall–Kier alpha value is -0.460. The number of hydrogen-bond donors (Lipinski definition) is 0. The first kappa shape index (κ1) is 12.6. The van der Waals surface area contributed by atoms with Crippen molar-refractivity contribution >= 4 is 15.9 Å². The van der Waals surface area contributed by atoms with Crippen molar-refractivity contribution in [2.75, 3.05) is 0 Å². The van der Waals surface area contributed by atoms with Gasteiger partial charge in [-0.1, -0.05) is 15.9 Å². The molecule has 0 aromatic rings. The highest BCUT2D eigenvalue weighted by Crippen LogP contribution is 2.41. The largest absolute Gasteiger partial charge is 0.417 e. The summed E-state index contributed by atoms with van der Waals surface area (Å²) in [4.78, 5) is 0. The highest BCUT2D eigenvalue weighted by molar-refractivity contribution is 9.11. The second-order valence-corrected chi connectivity index (χ2v) is 3.69. The van der Waals surface area contributed by atoms with Crippen molar-refractivity contribution in [1.82, 2.24) is 0 Å². The molecule has 1 aliphatic rings. The van der Waals surface area contributed by atoms with Gasteiger partial charge in [0.05, 0.1) is 5.57 Å². The van der Waals surface area contributed by atoms with Gasteiger partial charge in [-0.3, -0.25) is 0 Å². The minimum absolute atomic E-state index is 0.129. The summed E-state index contributed by atoms with van der Waals surface area (Å²) in [5, 5.41) is 0. The molecule has 0 fully saturated rings. The second kappa shape index (κ2) is 3.84. The van der Waals surface area contributed by atoms with E-state index < -0.39 is 29.9 Å². The van der Waals surface area contributed by atoms with Crippen LogP contribution >= 0.6 is 15.9 Å². The van der Waals surface area contributed by atoms with Crippen molar-refractivity contribution in [3.8, 4) is 0 Å². The molecular weight excluding hydrogens is 290 g/mol. The maximum absolute atomic E-state index is 12.2. The van der Waals surface area contributed by atoms with Gasteiger partial charge in [0.15, 0.2) is 0 Å². The molecule has 0 nitrogen and oxygen atoms in total. The topological polar surface area (TPSA) is 0 Å². The standard InChI is InChI=1S/C8H4BrF6/c9-6-2-1-4(7(10,11)12)3-5(6)8(13,14)15/h2-3H,1H2. The van der Waals surface area contributed by atoms with Crippen molar-refractivity contribution in [2.45, 2.75) is 18.8 Å². The maximum Gasteiger partial charge on any atom is 0.417 e. The number of alkyl halides is 6. The summed E-state index contributed by atoms with van der Waals surface area (Å²) in [6.07, 6.45) is -9.08. The number of allylic oxidation sites excluding steroid dienone is 4. The van der Waals surface area contributed by atoms with Crippen LogP contribution < -0.4 is 0 Å². The average molecular weight is 294 g/mol. The van der Waals surface area contributed by atoms with Crippen molar-refractivity contribution in [2.24, 2.45) is 0 Å². The molecule has 0 amide bonds. The van der Waals surface area contributed by atoms with Gasteiger partial charge in [-0.05, 0) is 12.5 Å². The van der Waals surface area contributed by atoms with E-state index in [1.807, 2.05) is 0 Å². The minimum Gasteiger partial charge on any atom is -0.166 e. The summed E-state index contributed by atoms with van der Waals surface area (Å²) < 4.78 is 72.8. The third-order valence-corrected chi connectivity index (χ3v) is 2.50. The predicted molar refractivity (Wildman–Crippen MR) is 45.1 cm³/mol. The monoisotopic (exact) mass is 293 g/mol. The Bertz CT molecular complexity index is 319. The van der Waals surface area contributed by atoms with Gasteiger partial charge in [-0.2, -0.15) is 26.3 Å². The second-order valence-electron chi connectivity index (χ2n) is 2.83. The molecule has 1 rings (SSSR count). The molecule has 15 heavy (non-hydrogen) atoms. The molecule has 0 unspecified atom stereocenters. The molecule has 0 saturated heterocycles. The van der Waals surface area contributed by atoms with Crippen LogP contribution in [0.1, 0.15) is 6.42 Å². The highest BCUT2D eigenvalue weighted by atomic mass is 79.9. The average Bonchev–Trinajstić information content (AvgIpc) is 2.00. The van der Waals surface area contributed by atoms with Gasteiger partial charge >= 0.3 is 12.4 Å². The van der Waals surface area contributed by atoms with Gasteiger partial charge < -0.3 is 0 Å². The molecule has 0 N–H and O–H groups in total. The Labute approximate surface area is 89.8 Å². The molecule has 1 aliphatic carbocycles. The van der Waals surface area contributed by atoms with Crippen LogP contribution in [0.15, 0.2) is 21.7 Å². The zero-order valence-electron chi connectivity index (χ0n) is 7.01. The molecule has 0 aromatic carbocycles. The number of halogens is 7. The Kier molecular flexibility index (Phi) is 3.23. The first-order valence-corrected chi connectivity index (χ1v) is 4.49. The normalized spacial score (nSPS) is 19.3. The molecule has 0 aliphatic heterocycles. The Morgan fingerprint density at radius 2 is 1.53 bits per heavy atom. The van der Waals surface area contributed by atoms with Gasteiger partial charge in [-0.25, -0.2) is 0 Å². The maximum atomic E-state index is 12.2. The van der Waals surface area contributed by atoms with E-state index in [0.29, 0.717) is 0 Å². The first-order chi connectivity index (χ1) is 6.62. The lowest BCUT2D eigenvalue weighted by atomic mass is 9.99. The van der Waals surface area contributed by atoms with Crippen LogP contribution in [0.3, 0.4) is 0 Å². The zero-order chi connectivity index (χ0) is 11.9. The molecule has 0 saturated carbocycles. The lowest BCUT2D eigenvalue weighted by Gasteiger charge is -2.20. The van der Waals surface area contributed by atoms with E-state index in [9.17, 15) is 26.3 Å². The van der Waals surface area contributed by atoms with E-state index in [1.54, 1.807) is 0 Å². The first-order valence-electron chi connectivity index (χ1n) is 3.70. The van der Waals surface area contributed by atoms with Gasteiger partial charge in [0.25, 0.3) is 0 Å². The van der Waals surface area contributed by atoms with Gasteiger partial charge in [0.2, 0.25) is 0 Å². The number of rotatable bonds is 0. The number of hydrogen-bond acceptors (Lipinski definition) is 0. The predicted octanol–water partition coefficient (Wildman–Crippen LogP) is 4.29. The molecule has 0 bridgehead atoms. The smallest absolute Gasteiger partial charge is 0.166 e. The quantitative estimate of drug-likeness (QED) is 0.584. The summed E-state index contributed by atoms with van der Waals surface area (Å²) in [7, 11) is 0. The molecule has 0 heterocycles. The molecule has 0 aromatic heterocycles. The molecule has 7 heteroatoms. The highest BCUT2D eigenvalue weighted by Gasteiger charge is 2.41. The Morgan fingerprint density at radius 3 is 1.93 bits per heavy atom. The van der Waals surface area contributed by atoms with Crippen LogP contribution in [0.5, 0.6) is 0 Å². The van der Waals surface area contributed by atoms with Crippen LogP contribution in [0.25, 0.3) is 0 Å². The van der Waals surface area contributed by atoms with Crippen LogP contribution in [-0.2, 0) is 0 Å². The van der Waals surface area contributed by atoms with Crippen LogP contribution in [-0.4, -0.2) is 12.4 Å². The van der Waals surface area contributed by atoms with Crippen molar-refractivity contribution in [3.05, 3.63) is 28.1 Å². The van der Waals surface area contributed by atoms with E-state index in [2.05, 4.69) is 15.9 Å². The molecule has 0 spiro atoms.